The van der Waals surface area contributed by atoms with E-state index in [2.05, 4.69) is 0 Å². The van der Waals surface area contributed by atoms with Gasteiger partial charge in [-0.3, -0.25) is 14.9 Å². The van der Waals surface area contributed by atoms with E-state index < -0.39 is 11.0 Å². The second kappa shape index (κ2) is 8.75. The van der Waals surface area contributed by atoms with Crippen molar-refractivity contribution in [3.05, 3.63) is 10.1 Å². The minimum absolute atomic E-state index is 0. The molecule has 2 radical (unpaired) electrons. The first-order chi connectivity index (χ1) is 6.72. The molecule has 0 bridgehead atoms. The number of carbonyl (C=O) groups excluding carboxylic acids is 1. The van der Waals surface area contributed by atoms with Gasteiger partial charge >= 0.3 is 0 Å². The number of carbonyl (C=O) groups is 1. The largest absolute Gasteiger partial charge is 0.292 e. The molecule has 5 heteroatoms. The summed E-state index contributed by atoms with van der Waals surface area (Å²) in [4.78, 5) is 21.6. The molecule has 1 saturated carbocycles. The van der Waals surface area contributed by atoms with E-state index in [1.54, 1.807) is 0 Å². The molecule has 0 aliphatic heterocycles. The van der Waals surface area contributed by atoms with Crippen LogP contribution in [0.4, 0.5) is 0 Å². The van der Waals surface area contributed by atoms with Gasteiger partial charge in [-0.15, -0.1) is 0 Å². The van der Waals surface area contributed by atoms with Crippen LogP contribution in [0.3, 0.4) is 0 Å². The summed E-state index contributed by atoms with van der Waals surface area (Å²) in [5.41, 5.74) is 0. The van der Waals surface area contributed by atoms with Crippen LogP contribution < -0.4 is 0 Å². The van der Waals surface area contributed by atoms with Crippen molar-refractivity contribution in [1.29, 1.82) is 0 Å². The van der Waals surface area contributed by atoms with E-state index in [0.717, 1.165) is 38.5 Å². The normalized spacial score (nSPS) is 24.0. The van der Waals surface area contributed by atoms with E-state index in [1.165, 1.54) is 0 Å². The molecule has 0 saturated heterocycles. The molecular weight excluding hydrogens is 319 g/mol. The number of rotatable bonds is 1. The molecule has 1 unspecified atom stereocenters. The fraction of sp³-hybridized carbons (Fsp3) is 0.900. The molecule has 82 valence electrons. The number of nitro groups is 1. The van der Waals surface area contributed by atoms with Gasteiger partial charge in [-0.25, -0.2) is 0 Å². The zero-order valence-corrected chi connectivity index (χ0v) is 13.6. The number of Topliss-reactive ketones (excluding diaryl/α,β-unsaturated/α-hetero) is 1. The van der Waals surface area contributed by atoms with Crippen molar-refractivity contribution in [3.63, 3.8) is 0 Å². The molecule has 1 atom stereocenters. The second-order valence-electron chi connectivity index (χ2n) is 3.93. The minimum atomic E-state index is -0.923. The van der Waals surface area contributed by atoms with Crippen molar-refractivity contribution in [1.82, 2.24) is 0 Å². The topological polar surface area (TPSA) is 60.2 Å². The van der Waals surface area contributed by atoms with Crippen LogP contribution in [-0.4, -0.2) is 65.6 Å². The van der Waals surface area contributed by atoms with Crippen LogP contribution in [0.25, 0.3) is 0 Å². The van der Waals surface area contributed by atoms with E-state index in [9.17, 15) is 14.9 Å². The van der Waals surface area contributed by atoms with Crippen LogP contribution in [0, 0.1) is 10.1 Å². The first-order valence-electron chi connectivity index (χ1n) is 5.38. The molecule has 0 amide bonds. The second-order valence-corrected chi connectivity index (χ2v) is 3.93. The van der Waals surface area contributed by atoms with Gasteiger partial charge in [-0.05, 0) is 12.8 Å². The smallest absolute Gasteiger partial charge is 0.270 e. The van der Waals surface area contributed by atoms with Crippen molar-refractivity contribution < 1.29 is 9.72 Å². The molecule has 1 aliphatic rings. The molecule has 1 rings (SSSR count). The maximum atomic E-state index is 11.4. The number of ketones is 1. The third-order valence-electron chi connectivity index (χ3n) is 2.78. The number of nitrogens with zero attached hydrogens (tertiary/aromatic N) is 1. The van der Waals surface area contributed by atoms with Crippen LogP contribution in [0.1, 0.15) is 51.4 Å². The predicted molar refractivity (Wildman–Crippen MR) is 58.5 cm³/mol. The zero-order valence-electron chi connectivity index (χ0n) is 9.11. The van der Waals surface area contributed by atoms with E-state index in [4.69, 9.17) is 0 Å². The van der Waals surface area contributed by atoms with Gasteiger partial charge in [0.2, 0.25) is 5.78 Å². The summed E-state index contributed by atoms with van der Waals surface area (Å²) in [5, 5.41) is 10.6. The average molecular weight is 337 g/mol. The van der Waals surface area contributed by atoms with Crippen molar-refractivity contribution >= 4 is 54.7 Å². The van der Waals surface area contributed by atoms with Crippen LogP contribution >= 0.6 is 0 Å². The van der Waals surface area contributed by atoms with Crippen LogP contribution in [0.5, 0.6) is 0 Å². The van der Waals surface area contributed by atoms with Gasteiger partial charge in [-0.1, -0.05) is 25.7 Å². The zero-order chi connectivity index (χ0) is 10.4. The first kappa shape index (κ1) is 15.6. The average Bonchev–Trinajstić information content (AvgIpc) is 2.15. The van der Waals surface area contributed by atoms with Gasteiger partial charge in [0.25, 0.3) is 6.04 Å². The van der Waals surface area contributed by atoms with Gasteiger partial charge in [-0.2, -0.15) is 0 Å². The van der Waals surface area contributed by atoms with Crippen LogP contribution in [0.15, 0.2) is 0 Å². The first-order valence-corrected chi connectivity index (χ1v) is 5.38. The molecule has 1 fully saturated rings. The molecule has 0 aromatic carbocycles. The Morgan fingerprint density at radius 1 is 1.07 bits per heavy atom. The van der Waals surface area contributed by atoms with E-state index in [0.29, 0.717) is 12.8 Å². The quantitative estimate of drug-likeness (QED) is 0.418. The van der Waals surface area contributed by atoms with Crippen LogP contribution in [0.2, 0.25) is 0 Å². The summed E-state index contributed by atoms with van der Waals surface area (Å²) in [7, 11) is 0. The number of hydrogen-bond acceptors (Lipinski definition) is 3. The molecule has 0 aromatic rings. The standard InChI is InChI=1S/C10H17NO3.Ba/c12-10-8-6-4-2-1-3-5-7-9(10)11(13)14;/h9H,1-8H2;. The molecule has 0 heterocycles. The Labute approximate surface area is 130 Å². The summed E-state index contributed by atoms with van der Waals surface area (Å²) < 4.78 is 0. The SMILES string of the molecule is O=C1CCCCCCCCC1[N+](=O)[O-].[Ba]. The number of hydrogen-bond donors (Lipinski definition) is 0. The van der Waals surface area contributed by atoms with E-state index in [-0.39, 0.29) is 54.7 Å². The predicted octanol–water partition coefficient (Wildman–Crippen LogP) is 1.95. The van der Waals surface area contributed by atoms with Crippen molar-refractivity contribution in [2.45, 2.75) is 57.4 Å². The third-order valence-corrected chi connectivity index (χ3v) is 2.78. The minimum Gasteiger partial charge on any atom is -0.292 e. The Balaban J connectivity index is 0.00000196. The Morgan fingerprint density at radius 2 is 1.60 bits per heavy atom. The Bertz CT molecular complexity index is 221. The fourth-order valence-electron chi connectivity index (χ4n) is 1.89. The summed E-state index contributed by atoms with van der Waals surface area (Å²) in [6.45, 7) is 0. The molecule has 0 N–H and O–H groups in total. The third kappa shape index (κ3) is 6.06. The van der Waals surface area contributed by atoms with E-state index in [1.807, 2.05) is 0 Å². The Hall–Kier alpha value is 0.641. The maximum Gasteiger partial charge on any atom is 0.270 e. The summed E-state index contributed by atoms with van der Waals surface area (Å²) in [5.74, 6) is -0.170. The Kier molecular flexibility index (Phi) is 9.13. The van der Waals surface area contributed by atoms with Crippen LogP contribution in [-0.2, 0) is 4.79 Å². The van der Waals surface area contributed by atoms with Crippen molar-refractivity contribution in [3.8, 4) is 0 Å². The fourth-order valence-corrected chi connectivity index (χ4v) is 1.89. The molecule has 0 spiro atoms. The van der Waals surface area contributed by atoms with Crippen molar-refractivity contribution in [2.75, 3.05) is 0 Å². The maximum absolute atomic E-state index is 11.4. The van der Waals surface area contributed by atoms with Gasteiger partial charge in [0.1, 0.15) is 0 Å². The molecule has 15 heavy (non-hydrogen) atoms. The monoisotopic (exact) mass is 337 g/mol. The molecular formula is C10H17BaNO3. The van der Waals surface area contributed by atoms with Gasteiger partial charge in [0, 0.05) is 66.6 Å². The van der Waals surface area contributed by atoms with E-state index >= 15 is 0 Å². The summed E-state index contributed by atoms with van der Waals surface area (Å²) >= 11 is 0. The summed E-state index contributed by atoms with van der Waals surface area (Å²) in [6.07, 6.45) is 6.85. The van der Waals surface area contributed by atoms with Crippen molar-refractivity contribution in [2.24, 2.45) is 0 Å². The molecule has 1 aliphatic carbocycles. The Morgan fingerprint density at radius 3 is 2.20 bits per heavy atom. The van der Waals surface area contributed by atoms with Gasteiger partial charge in [0.05, 0.1) is 0 Å². The molecule has 4 nitrogen and oxygen atoms in total. The van der Waals surface area contributed by atoms with Gasteiger partial charge in [0.15, 0.2) is 0 Å². The molecule has 0 aromatic heterocycles. The summed E-state index contributed by atoms with van der Waals surface area (Å²) in [6, 6.07) is -0.923. The van der Waals surface area contributed by atoms with Gasteiger partial charge < -0.3 is 0 Å².